The molecule has 1 N–H and O–H groups in total. The van der Waals surface area contributed by atoms with E-state index in [0.717, 1.165) is 5.56 Å². The lowest BCUT2D eigenvalue weighted by Gasteiger charge is -2.31. The smallest absolute Gasteiger partial charge is 0.414 e. The van der Waals surface area contributed by atoms with Crippen LogP contribution in [0.5, 0.6) is 0 Å². The summed E-state index contributed by atoms with van der Waals surface area (Å²) in [6.07, 6.45) is 1.68. The van der Waals surface area contributed by atoms with Crippen molar-refractivity contribution in [1.82, 2.24) is 15.0 Å². The van der Waals surface area contributed by atoms with Gasteiger partial charge in [0.1, 0.15) is 6.61 Å². The van der Waals surface area contributed by atoms with Gasteiger partial charge in [0.05, 0.1) is 30.6 Å². The summed E-state index contributed by atoms with van der Waals surface area (Å²) in [6, 6.07) is 12.8. The number of aliphatic hydroxyl groups is 1. The molecule has 4 heterocycles. The molecule has 0 aliphatic carbocycles. The number of benzene rings is 2. The summed E-state index contributed by atoms with van der Waals surface area (Å²) in [5.41, 5.74) is 1.66. The number of aliphatic hydroxyl groups excluding tert-OH is 1. The molecule has 3 aliphatic heterocycles. The third kappa shape index (κ3) is 5.24. The molecule has 13 heteroatoms. The van der Waals surface area contributed by atoms with Gasteiger partial charge in [0.15, 0.2) is 5.60 Å². The Bertz CT molecular complexity index is 1550. The molecule has 3 aliphatic rings. The Morgan fingerprint density at radius 1 is 1.21 bits per heavy atom. The number of nitrogens with zero attached hydrogens (tertiary/aromatic N) is 5. The molecular weight excluding hydrogens is 593 g/mol. The zero-order chi connectivity index (χ0) is 30.5. The first-order valence-corrected chi connectivity index (χ1v) is 17.9. The van der Waals surface area contributed by atoms with E-state index in [1.54, 1.807) is 45.9 Å². The standard InChI is InChI=1S/C30H35ClFN5O5Si/c1-19-27(43(2,3)32)26(9-11-35-18-22(10-13-38)33-34-35)42-30(19)24-16-21(31)7-8-25(24)37(28(30)39)17-20-5-4-6-23(15-20)36-12-14-41-29(36)40/h4-8,15-16,18-19,26-27,38H,9-14,17H2,1-3H3/t19-,26+,27-,30+/m0/s1. The van der Waals surface area contributed by atoms with E-state index in [-0.39, 0.29) is 19.1 Å². The summed E-state index contributed by atoms with van der Waals surface area (Å²) in [6.45, 7) is 6.69. The van der Waals surface area contributed by atoms with Gasteiger partial charge in [0.25, 0.3) is 5.91 Å². The van der Waals surface area contributed by atoms with Gasteiger partial charge in [-0.1, -0.05) is 35.9 Å². The van der Waals surface area contributed by atoms with E-state index >= 15 is 4.11 Å². The fourth-order valence-electron chi connectivity index (χ4n) is 7.02. The van der Waals surface area contributed by atoms with Crippen molar-refractivity contribution in [3.63, 3.8) is 0 Å². The molecule has 0 radical (unpaired) electrons. The molecule has 2 fully saturated rings. The van der Waals surface area contributed by atoms with Crippen molar-refractivity contribution < 1.29 is 28.3 Å². The number of aromatic nitrogens is 3. The minimum atomic E-state index is -3.34. The van der Waals surface area contributed by atoms with E-state index < -0.39 is 37.7 Å². The van der Waals surface area contributed by atoms with Gasteiger partial charge < -0.3 is 23.6 Å². The number of halogens is 2. The minimum Gasteiger partial charge on any atom is -0.447 e. The molecule has 0 saturated carbocycles. The number of anilines is 2. The van der Waals surface area contributed by atoms with E-state index in [9.17, 15) is 14.7 Å². The van der Waals surface area contributed by atoms with Gasteiger partial charge in [-0.3, -0.25) is 14.4 Å². The van der Waals surface area contributed by atoms with Crippen LogP contribution in [0.25, 0.3) is 0 Å². The molecule has 2 aromatic carbocycles. The molecule has 2 amide bonds. The molecule has 0 bridgehead atoms. The highest BCUT2D eigenvalue weighted by atomic mass is 35.5. The number of hydrogen-bond donors (Lipinski definition) is 1. The molecule has 0 unspecified atom stereocenters. The Hall–Kier alpha value is -3.32. The van der Waals surface area contributed by atoms with Crippen LogP contribution >= 0.6 is 11.6 Å². The van der Waals surface area contributed by atoms with E-state index in [0.29, 0.717) is 60.2 Å². The van der Waals surface area contributed by atoms with E-state index in [2.05, 4.69) is 10.3 Å². The van der Waals surface area contributed by atoms with Gasteiger partial charge in [0.2, 0.25) is 8.41 Å². The molecule has 228 valence electrons. The van der Waals surface area contributed by atoms with Crippen LogP contribution in [0.3, 0.4) is 0 Å². The lowest BCUT2D eigenvalue weighted by molar-refractivity contribution is -0.146. The summed E-state index contributed by atoms with van der Waals surface area (Å²) in [4.78, 5) is 30.0. The fraction of sp³-hybridized carbons (Fsp3) is 0.467. The molecule has 3 aromatic rings. The number of fused-ring (bicyclic) bond motifs is 2. The van der Waals surface area contributed by atoms with Crippen molar-refractivity contribution in [3.05, 3.63) is 70.5 Å². The third-order valence-electron chi connectivity index (χ3n) is 8.84. The van der Waals surface area contributed by atoms with Crippen molar-refractivity contribution in [2.75, 3.05) is 29.6 Å². The maximum atomic E-state index is 16.1. The van der Waals surface area contributed by atoms with Gasteiger partial charge in [-0.05, 0) is 55.4 Å². The summed E-state index contributed by atoms with van der Waals surface area (Å²) in [7, 11) is -3.34. The van der Waals surface area contributed by atoms with E-state index in [4.69, 9.17) is 21.1 Å². The van der Waals surface area contributed by atoms with Gasteiger partial charge in [-0.25, -0.2) is 4.79 Å². The summed E-state index contributed by atoms with van der Waals surface area (Å²) in [5, 5.41) is 17.9. The first-order valence-electron chi connectivity index (χ1n) is 14.5. The minimum absolute atomic E-state index is 0.0240. The van der Waals surface area contributed by atoms with E-state index in [1.807, 2.05) is 37.3 Å². The molecule has 1 spiro atoms. The van der Waals surface area contributed by atoms with Crippen LogP contribution < -0.4 is 9.80 Å². The zero-order valence-corrected chi connectivity index (χ0v) is 26.1. The molecule has 2 saturated heterocycles. The van der Waals surface area contributed by atoms with Crippen molar-refractivity contribution in [2.45, 2.75) is 63.2 Å². The lowest BCUT2D eigenvalue weighted by atomic mass is 9.82. The largest absolute Gasteiger partial charge is 0.447 e. The predicted octanol–water partition coefficient (Wildman–Crippen LogP) is 4.84. The molecule has 6 rings (SSSR count). The number of aryl methyl sites for hydroxylation is 1. The van der Waals surface area contributed by atoms with Crippen molar-refractivity contribution >= 4 is 43.4 Å². The molecular formula is C30H35ClFN5O5Si. The molecule has 1 aromatic heterocycles. The summed E-state index contributed by atoms with van der Waals surface area (Å²) >= 11 is 6.49. The second-order valence-corrected chi connectivity index (χ2v) is 16.2. The maximum absolute atomic E-state index is 16.1. The SMILES string of the molecule is C[C@H]1[C@H]([Si](C)(C)F)[C@@H](CCn2cc(CCO)nn2)O[C@]12C(=O)N(Cc1cccc(N3CCOC3=O)c1)c1ccc(Cl)cc12. The highest BCUT2D eigenvalue weighted by molar-refractivity contribution is 6.72. The highest BCUT2D eigenvalue weighted by Crippen LogP contribution is 2.60. The number of rotatable bonds is 9. The lowest BCUT2D eigenvalue weighted by Crippen LogP contribution is -2.45. The second kappa shape index (κ2) is 11.3. The third-order valence-corrected chi connectivity index (χ3v) is 11.5. The number of cyclic esters (lactones) is 1. The Morgan fingerprint density at radius 2 is 2.02 bits per heavy atom. The Labute approximate surface area is 255 Å². The zero-order valence-electron chi connectivity index (χ0n) is 24.4. The number of carbonyl (C=O) groups is 2. The van der Waals surface area contributed by atoms with Crippen molar-refractivity contribution in [2.24, 2.45) is 5.92 Å². The van der Waals surface area contributed by atoms with Gasteiger partial charge >= 0.3 is 6.09 Å². The first kappa shape index (κ1) is 29.7. The van der Waals surface area contributed by atoms with E-state index in [1.165, 1.54) is 0 Å². The van der Waals surface area contributed by atoms with Crippen molar-refractivity contribution in [1.29, 1.82) is 0 Å². The predicted molar refractivity (Wildman–Crippen MR) is 161 cm³/mol. The topological polar surface area (TPSA) is 110 Å². The second-order valence-electron chi connectivity index (χ2n) is 12.0. The average Bonchev–Trinajstić information content (AvgIpc) is 3.71. The van der Waals surface area contributed by atoms with Gasteiger partial charge in [0, 0.05) is 53.5 Å². The van der Waals surface area contributed by atoms with Crippen LogP contribution in [-0.4, -0.2) is 66.4 Å². The average molecular weight is 628 g/mol. The van der Waals surface area contributed by atoms with Crippen molar-refractivity contribution in [3.8, 4) is 0 Å². The highest BCUT2D eigenvalue weighted by Gasteiger charge is 2.66. The number of carbonyl (C=O) groups excluding carboxylic acids is 2. The summed E-state index contributed by atoms with van der Waals surface area (Å²) < 4.78 is 29.7. The number of hydrogen-bond acceptors (Lipinski definition) is 7. The molecule has 43 heavy (non-hydrogen) atoms. The normalized spacial score (nSPS) is 25.2. The van der Waals surface area contributed by atoms with Crippen LogP contribution in [0.1, 0.15) is 30.2 Å². The van der Waals surface area contributed by atoms with Gasteiger partial charge in [-0.2, -0.15) is 0 Å². The fourth-order valence-corrected chi connectivity index (χ4v) is 9.73. The number of ether oxygens (including phenoxy) is 2. The Morgan fingerprint density at radius 3 is 2.74 bits per heavy atom. The monoisotopic (exact) mass is 627 g/mol. The maximum Gasteiger partial charge on any atom is 0.414 e. The Balaban J connectivity index is 1.33. The summed E-state index contributed by atoms with van der Waals surface area (Å²) in [5.74, 6) is -0.703. The first-order chi connectivity index (χ1) is 20.5. The van der Waals surface area contributed by atoms with Crippen LogP contribution in [0.4, 0.5) is 20.3 Å². The number of amides is 2. The van der Waals surface area contributed by atoms with Crippen LogP contribution in [0.2, 0.25) is 23.7 Å². The van der Waals surface area contributed by atoms with Crippen LogP contribution in [-0.2, 0) is 39.4 Å². The quantitative estimate of drug-likeness (QED) is 0.267. The molecule has 10 nitrogen and oxygen atoms in total. The van der Waals surface area contributed by atoms with Gasteiger partial charge in [-0.15, -0.1) is 5.10 Å². The van der Waals surface area contributed by atoms with Crippen LogP contribution in [0.15, 0.2) is 48.7 Å². The van der Waals surface area contributed by atoms with Crippen LogP contribution in [0, 0.1) is 5.92 Å². The molecule has 4 atom stereocenters. The Kier molecular flexibility index (Phi) is 7.82.